The van der Waals surface area contributed by atoms with E-state index in [2.05, 4.69) is 42.8 Å². The second-order valence-corrected chi connectivity index (χ2v) is 9.75. The summed E-state index contributed by atoms with van der Waals surface area (Å²) in [7, 11) is -3.33. The molecule has 0 atom stereocenters. The van der Waals surface area contributed by atoms with Crippen molar-refractivity contribution >= 4 is 27.2 Å². The topological polar surface area (TPSA) is 55.9 Å². The first kappa shape index (κ1) is 26.8. The van der Waals surface area contributed by atoms with Crippen LogP contribution in [0.3, 0.4) is 0 Å². The van der Waals surface area contributed by atoms with Crippen molar-refractivity contribution in [2.45, 2.75) is 39.0 Å². The molecule has 6 nitrogen and oxygen atoms in total. The lowest BCUT2D eigenvalue weighted by atomic mass is 10.3. The molecule has 0 spiro atoms. The van der Waals surface area contributed by atoms with Gasteiger partial charge in [-0.05, 0) is 63.5 Å². The van der Waals surface area contributed by atoms with E-state index in [9.17, 15) is 8.42 Å². The Balaban J connectivity index is 2.67. The zero-order valence-electron chi connectivity index (χ0n) is 19.1. The fourth-order valence-electron chi connectivity index (χ4n) is 3.24. The smallest absolute Gasteiger partial charge is 0.180 e. The quantitative estimate of drug-likeness (QED) is 0.322. The molecule has 1 aromatic rings. The first-order chi connectivity index (χ1) is 14.4. The van der Waals surface area contributed by atoms with Gasteiger partial charge in [0.25, 0.3) is 0 Å². The number of hydrogen-bond donors (Lipinski definition) is 1. The van der Waals surface area contributed by atoms with E-state index < -0.39 is 9.84 Å². The Labute approximate surface area is 189 Å². The molecule has 172 valence electrons. The molecule has 0 fully saturated rings. The highest BCUT2D eigenvalue weighted by molar-refractivity contribution is 7.91. The summed E-state index contributed by atoms with van der Waals surface area (Å²) in [5, 5.41) is 3.98. The summed E-state index contributed by atoms with van der Waals surface area (Å²) in [4.78, 5) is 7.08. The number of nitrogens with one attached hydrogen (secondary N) is 1. The average molecular weight is 457 g/mol. The summed E-state index contributed by atoms with van der Waals surface area (Å²) < 4.78 is 25.4. The van der Waals surface area contributed by atoms with E-state index in [1.54, 1.807) is 24.3 Å². The number of benzene rings is 1. The molecule has 1 N–H and O–H groups in total. The molecule has 0 aromatic heterocycles. The van der Waals surface area contributed by atoms with Crippen molar-refractivity contribution < 1.29 is 8.42 Å². The van der Waals surface area contributed by atoms with Gasteiger partial charge in [0.1, 0.15) is 0 Å². The zero-order valence-corrected chi connectivity index (χ0v) is 20.8. The van der Waals surface area contributed by atoms with Crippen molar-refractivity contribution in [2.24, 2.45) is 0 Å². The molecule has 0 saturated carbocycles. The molecule has 1 rings (SSSR count). The summed E-state index contributed by atoms with van der Waals surface area (Å²) in [5.41, 5.74) is 0. The molecule has 0 amide bonds. The number of rotatable bonds is 15. The van der Waals surface area contributed by atoms with Gasteiger partial charge >= 0.3 is 0 Å². The van der Waals surface area contributed by atoms with E-state index in [0.29, 0.717) is 23.1 Å². The van der Waals surface area contributed by atoms with Gasteiger partial charge < -0.3 is 20.0 Å². The van der Waals surface area contributed by atoms with Gasteiger partial charge in [-0.2, -0.15) is 0 Å². The minimum absolute atomic E-state index is 0.0521. The molecule has 0 aliphatic rings. The van der Waals surface area contributed by atoms with Crippen molar-refractivity contribution in [1.29, 1.82) is 0 Å². The molecule has 0 saturated heterocycles. The Hall–Kier alpha value is -1.22. The van der Waals surface area contributed by atoms with Gasteiger partial charge in [0.05, 0.1) is 10.6 Å². The lowest BCUT2D eigenvalue weighted by Gasteiger charge is -2.29. The minimum atomic E-state index is -3.33. The van der Waals surface area contributed by atoms with E-state index >= 15 is 0 Å². The van der Waals surface area contributed by atoms with Gasteiger partial charge in [0, 0.05) is 26.2 Å². The molecule has 0 bridgehead atoms. The van der Waals surface area contributed by atoms with Crippen molar-refractivity contribution in [3.8, 4) is 0 Å². The van der Waals surface area contributed by atoms with Crippen LogP contribution >= 0.6 is 12.2 Å². The second kappa shape index (κ2) is 14.7. The van der Waals surface area contributed by atoms with Gasteiger partial charge in [-0.25, -0.2) is 8.42 Å². The molecular weight excluding hydrogens is 416 g/mol. The van der Waals surface area contributed by atoms with Crippen LogP contribution in [0, 0.1) is 0 Å². The van der Waals surface area contributed by atoms with E-state index in [-0.39, 0.29) is 5.75 Å². The van der Waals surface area contributed by atoms with Crippen LogP contribution in [-0.4, -0.2) is 92.9 Å². The maximum atomic E-state index is 12.7. The summed E-state index contributed by atoms with van der Waals surface area (Å²) >= 11 is 5.63. The Kier molecular flexibility index (Phi) is 13.2. The lowest BCUT2D eigenvalue weighted by Crippen LogP contribution is -2.46. The summed E-state index contributed by atoms with van der Waals surface area (Å²) in [6, 6.07) is 8.64. The Bertz CT molecular complexity index is 690. The maximum absolute atomic E-state index is 12.7. The maximum Gasteiger partial charge on any atom is 0.180 e. The highest BCUT2D eigenvalue weighted by Gasteiger charge is 2.18. The fourth-order valence-corrected chi connectivity index (χ4v) is 4.80. The van der Waals surface area contributed by atoms with Gasteiger partial charge in [-0.3, -0.25) is 0 Å². The van der Waals surface area contributed by atoms with Crippen LogP contribution in [0.2, 0.25) is 0 Å². The Morgan fingerprint density at radius 1 is 0.867 bits per heavy atom. The van der Waals surface area contributed by atoms with E-state index in [1.807, 2.05) is 11.0 Å². The minimum Gasteiger partial charge on any atom is -0.363 e. The third-order valence-corrected chi connectivity index (χ3v) is 7.53. The standard InChI is InChI=1S/C22H40N4O2S2/c1-5-24(6-2)16-12-15-23-22(29)26(18-17-25(7-3)8-4)19-20-30(27,28)21-13-10-9-11-14-21/h9-11,13-14H,5-8,12,15-20H2,1-4H3,(H,23,29). The van der Waals surface area contributed by atoms with Crippen molar-refractivity contribution in [2.75, 3.05) is 64.7 Å². The largest absolute Gasteiger partial charge is 0.363 e. The molecule has 0 aliphatic heterocycles. The Morgan fingerprint density at radius 3 is 2.00 bits per heavy atom. The summed E-state index contributed by atoms with van der Waals surface area (Å²) in [6.45, 7) is 16.4. The Morgan fingerprint density at radius 2 is 1.43 bits per heavy atom. The molecule has 8 heteroatoms. The molecule has 0 unspecified atom stereocenters. The third kappa shape index (κ3) is 9.73. The van der Waals surface area contributed by atoms with Crippen molar-refractivity contribution in [3.05, 3.63) is 30.3 Å². The summed E-state index contributed by atoms with van der Waals surface area (Å²) in [5.74, 6) is 0.0521. The highest BCUT2D eigenvalue weighted by atomic mass is 32.2. The number of nitrogens with zero attached hydrogens (tertiary/aromatic N) is 3. The molecule has 0 heterocycles. The van der Waals surface area contributed by atoms with Gasteiger partial charge in [-0.1, -0.05) is 45.9 Å². The number of sulfone groups is 1. The van der Waals surface area contributed by atoms with Crippen molar-refractivity contribution in [1.82, 2.24) is 20.0 Å². The summed E-state index contributed by atoms with van der Waals surface area (Å²) in [6.07, 6.45) is 1.01. The predicted octanol–water partition coefficient (Wildman–Crippen LogP) is 2.71. The molecule has 0 aliphatic carbocycles. The number of likely N-dealkylation sites (N-methyl/N-ethyl adjacent to an activating group) is 1. The molecule has 30 heavy (non-hydrogen) atoms. The van der Waals surface area contributed by atoms with Crippen LogP contribution in [0.15, 0.2) is 35.2 Å². The van der Waals surface area contributed by atoms with Gasteiger partial charge in [-0.15, -0.1) is 0 Å². The second-order valence-electron chi connectivity index (χ2n) is 7.26. The van der Waals surface area contributed by atoms with Crippen LogP contribution in [-0.2, 0) is 9.84 Å². The van der Waals surface area contributed by atoms with Crippen LogP contribution in [0.25, 0.3) is 0 Å². The van der Waals surface area contributed by atoms with Crippen molar-refractivity contribution in [3.63, 3.8) is 0 Å². The molecule has 0 radical (unpaired) electrons. The fraction of sp³-hybridized carbons (Fsp3) is 0.682. The third-order valence-electron chi connectivity index (χ3n) is 5.42. The van der Waals surface area contributed by atoms with Crippen LogP contribution in [0.4, 0.5) is 0 Å². The van der Waals surface area contributed by atoms with Gasteiger partial charge in [0.15, 0.2) is 14.9 Å². The van der Waals surface area contributed by atoms with E-state index in [4.69, 9.17) is 12.2 Å². The highest BCUT2D eigenvalue weighted by Crippen LogP contribution is 2.10. The normalized spacial score (nSPS) is 11.8. The number of hydrogen-bond acceptors (Lipinski definition) is 5. The van der Waals surface area contributed by atoms with Crippen LogP contribution in [0.1, 0.15) is 34.1 Å². The number of thiocarbonyl (C=S) groups is 1. The molecule has 1 aromatic carbocycles. The first-order valence-electron chi connectivity index (χ1n) is 11.1. The predicted molar refractivity (Wildman–Crippen MR) is 131 cm³/mol. The average Bonchev–Trinajstić information content (AvgIpc) is 2.77. The lowest BCUT2D eigenvalue weighted by molar-refractivity contribution is 0.269. The van der Waals surface area contributed by atoms with E-state index in [0.717, 1.165) is 52.2 Å². The van der Waals surface area contributed by atoms with E-state index in [1.165, 1.54) is 0 Å². The first-order valence-corrected chi connectivity index (χ1v) is 13.2. The van der Waals surface area contributed by atoms with Crippen LogP contribution in [0.5, 0.6) is 0 Å². The monoisotopic (exact) mass is 456 g/mol. The molecular formula is C22H40N4O2S2. The zero-order chi connectivity index (χ0) is 22.4. The van der Waals surface area contributed by atoms with Gasteiger partial charge in [0.2, 0.25) is 0 Å². The van der Waals surface area contributed by atoms with Crippen LogP contribution < -0.4 is 5.32 Å². The SMILES string of the molecule is CCN(CC)CCCNC(=S)N(CCN(CC)CC)CCS(=O)(=O)c1ccccc1.